The molecule has 1 N–H and O–H groups in total. The molecule has 0 saturated carbocycles. The van der Waals surface area contributed by atoms with Crippen LogP contribution in [0.1, 0.15) is 27.2 Å². The number of aromatic nitrogens is 1. The molecule has 5 nitrogen and oxygen atoms in total. The zero-order valence-electron chi connectivity index (χ0n) is 13.2. The molecule has 3 aromatic rings. The summed E-state index contributed by atoms with van der Waals surface area (Å²) in [5.41, 5.74) is 2.82. The lowest BCUT2D eigenvalue weighted by atomic mass is 10.1. The van der Waals surface area contributed by atoms with Gasteiger partial charge in [-0.05, 0) is 29.5 Å². The third-order valence-electron chi connectivity index (χ3n) is 3.78. The maximum absolute atomic E-state index is 12.0. The summed E-state index contributed by atoms with van der Waals surface area (Å²) in [4.78, 5) is 27.2. The summed E-state index contributed by atoms with van der Waals surface area (Å²) in [5, 5.41) is 2.90. The molecule has 124 valence electrons. The molecule has 0 spiro atoms. The van der Waals surface area contributed by atoms with Gasteiger partial charge in [0.2, 0.25) is 0 Å². The number of rotatable bonds is 6. The minimum absolute atomic E-state index is 0.0840. The molecule has 0 fully saturated rings. The Morgan fingerprint density at radius 3 is 2.83 bits per heavy atom. The number of esters is 2. The van der Waals surface area contributed by atoms with E-state index in [4.69, 9.17) is 9.47 Å². The van der Waals surface area contributed by atoms with Gasteiger partial charge >= 0.3 is 11.9 Å². The Morgan fingerprint density at radius 1 is 1.17 bits per heavy atom. The SMILES string of the molecule is COC(=O)c1sccc1COC(=O)CCc1c[nH]c2ccccc12. The van der Waals surface area contributed by atoms with Gasteiger partial charge in [-0.25, -0.2) is 4.79 Å². The largest absolute Gasteiger partial charge is 0.465 e. The highest BCUT2D eigenvalue weighted by Crippen LogP contribution is 2.21. The van der Waals surface area contributed by atoms with Gasteiger partial charge in [0.1, 0.15) is 11.5 Å². The van der Waals surface area contributed by atoms with Crippen molar-refractivity contribution in [2.45, 2.75) is 19.4 Å². The van der Waals surface area contributed by atoms with Crippen LogP contribution in [-0.4, -0.2) is 24.0 Å². The van der Waals surface area contributed by atoms with Crippen molar-refractivity contribution in [2.75, 3.05) is 7.11 Å². The second-order valence-corrected chi connectivity index (χ2v) is 6.20. The summed E-state index contributed by atoms with van der Waals surface area (Å²) < 4.78 is 9.99. The molecule has 0 aliphatic heterocycles. The van der Waals surface area contributed by atoms with Gasteiger partial charge in [0.05, 0.1) is 7.11 Å². The number of carbonyl (C=O) groups excluding carboxylic acids is 2. The number of thiophene rings is 1. The van der Waals surface area contributed by atoms with Crippen molar-refractivity contribution in [1.82, 2.24) is 4.98 Å². The first-order valence-electron chi connectivity index (χ1n) is 7.54. The molecule has 0 unspecified atom stereocenters. The Kier molecular flexibility index (Phi) is 4.96. The first-order chi connectivity index (χ1) is 11.7. The number of aryl methyl sites for hydroxylation is 1. The molecule has 2 heterocycles. The third-order valence-corrected chi connectivity index (χ3v) is 4.72. The lowest BCUT2D eigenvalue weighted by Crippen LogP contribution is -2.08. The van der Waals surface area contributed by atoms with Crippen LogP contribution in [0.3, 0.4) is 0 Å². The standard InChI is InChI=1S/C18H17NO4S/c1-22-18(21)17-13(8-9-24-17)11-23-16(20)7-6-12-10-19-15-5-3-2-4-14(12)15/h2-5,8-10,19H,6-7,11H2,1H3. The minimum Gasteiger partial charge on any atom is -0.465 e. The quantitative estimate of drug-likeness (QED) is 0.693. The normalized spacial score (nSPS) is 10.7. The molecule has 1 aromatic carbocycles. The molecule has 6 heteroatoms. The number of para-hydroxylation sites is 1. The van der Waals surface area contributed by atoms with Crippen molar-refractivity contribution in [3.8, 4) is 0 Å². The molecule has 0 amide bonds. The predicted molar refractivity (Wildman–Crippen MR) is 92.1 cm³/mol. The van der Waals surface area contributed by atoms with Crippen LogP contribution in [0.15, 0.2) is 41.9 Å². The molecule has 0 radical (unpaired) electrons. The molecule has 0 saturated heterocycles. The lowest BCUT2D eigenvalue weighted by molar-refractivity contribution is -0.144. The van der Waals surface area contributed by atoms with Crippen LogP contribution in [0.25, 0.3) is 10.9 Å². The molecule has 0 aliphatic carbocycles. The fourth-order valence-electron chi connectivity index (χ4n) is 2.53. The summed E-state index contributed by atoms with van der Waals surface area (Å²) in [6.45, 7) is 0.0840. The lowest BCUT2D eigenvalue weighted by Gasteiger charge is -2.05. The van der Waals surface area contributed by atoms with E-state index >= 15 is 0 Å². The Bertz CT molecular complexity index is 865. The van der Waals surface area contributed by atoms with E-state index in [2.05, 4.69) is 4.98 Å². The van der Waals surface area contributed by atoms with Crippen LogP contribution in [-0.2, 0) is 27.3 Å². The smallest absolute Gasteiger partial charge is 0.348 e. The second kappa shape index (κ2) is 7.31. The Labute approximate surface area is 143 Å². The topological polar surface area (TPSA) is 68.4 Å². The van der Waals surface area contributed by atoms with E-state index < -0.39 is 5.97 Å². The van der Waals surface area contributed by atoms with Gasteiger partial charge in [-0.3, -0.25) is 4.79 Å². The van der Waals surface area contributed by atoms with E-state index in [9.17, 15) is 9.59 Å². The molecular formula is C18H17NO4S. The molecule has 0 aliphatic rings. The highest BCUT2D eigenvalue weighted by atomic mass is 32.1. The Hall–Kier alpha value is -2.60. The highest BCUT2D eigenvalue weighted by molar-refractivity contribution is 7.12. The molecule has 3 rings (SSSR count). The van der Waals surface area contributed by atoms with Gasteiger partial charge in [-0.1, -0.05) is 18.2 Å². The summed E-state index contributed by atoms with van der Waals surface area (Å²) in [7, 11) is 1.33. The van der Waals surface area contributed by atoms with Crippen LogP contribution < -0.4 is 0 Å². The molecule has 0 bridgehead atoms. The van der Waals surface area contributed by atoms with Crippen molar-refractivity contribution in [2.24, 2.45) is 0 Å². The molecular weight excluding hydrogens is 326 g/mol. The molecule has 2 aromatic heterocycles. The van der Waals surface area contributed by atoms with Crippen LogP contribution in [0.2, 0.25) is 0 Å². The average molecular weight is 343 g/mol. The number of nitrogens with one attached hydrogen (secondary N) is 1. The first kappa shape index (κ1) is 16.3. The number of methoxy groups -OCH3 is 1. The number of hydrogen-bond acceptors (Lipinski definition) is 5. The fraction of sp³-hybridized carbons (Fsp3) is 0.222. The zero-order valence-corrected chi connectivity index (χ0v) is 14.0. The number of H-pyrrole nitrogens is 1. The van der Waals surface area contributed by atoms with E-state index in [1.165, 1.54) is 18.4 Å². The van der Waals surface area contributed by atoms with Crippen molar-refractivity contribution >= 4 is 34.2 Å². The number of ether oxygens (including phenoxy) is 2. The second-order valence-electron chi connectivity index (χ2n) is 5.29. The monoisotopic (exact) mass is 343 g/mol. The fourth-order valence-corrected chi connectivity index (χ4v) is 3.35. The number of benzene rings is 1. The van der Waals surface area contributed by atoms with E-state index in [-0.39, 0.29) is 12.6 Å². The Balaban J connectivity index is 1.55. The number of aromatic amines is 1. The molecule has 0 atom stereocenters. The maximum atomic E-state index is 12.0. The first-order valence-corrected chi connectivity index (χ1v) is 8.42. The van der Waals surface area contributed by atoms with E-state index in [1.807, 2.05) is 30.5 Å². The van der Waals surface area contributed by atoms with Gasteiger partial charge in [0, 0.05) is 29.1 Å². The van der Waals surface area contributed by atoms with Gasteiger partial charge in [-0.2, -0.15) is 0 Å². The number of carbonyl (C=O) groups is 2. The van der Waals surface area contributed by atoms with Crippen LogP contribution in [0.4, 0.5) is 0 Å². The zero-order chi connectivity index (χ0) is 16.9. The number of hydrogen-bond donors (Lipinski definition) is 1. The van der Waals surface area contributed by atoms with E-state index in [0.717, 1.165) is 16.5 Å². The van der Waals surface area contributed by atoms with Crippen molar-refractivity contribution in [3.05, 3.63) is 57.9 Å². The third kappa shape index (κ3) is 3.49. The predicted octanol–water partition coefficient (Wildman–Crippen LogP) is 3.69. The van der Waals surface area contributed by atoms with Gasteiger partial charge in [0.15, 0.2) is 0 Å². The van der Waals surface area contributed by atoms with Crippen LogP contribution in [0, 0.1) is 0 Å². The van der Waals surface area contributed by atoms with E-state index in [1.54, 1.807) is 11.4 Å². The van der Waals surface area contributed by atoms with Crippen molar-refractivity contribution < 1.29 is 19.1 Å². The Morgan fingerprint density at radius 2 is 2.00 bits per heavy atom. The summed E-state index contributed by atoms with van der Waals surface area (Å²) in [6.07, 6.45) is 2.82. The molecule has 24 heavy (non-hydrogen) atoms. The van der Waals surface area contributed by atoms with Crippen LogP contribution >= 0.6 is 11.3 Å². The van der Waals surface area contributed by atoms with Gasteiger partial charge in [0.25, 0.3) is 0 Å². The summed E-state index contributed by atoms with van der Waals surface area (Å²) in [5.74, 6) is -0.697. The highest BCUT2D eigenvalue weighted by Gasteiger charge is 2.15. The van der Waals surface area contributed by atoms with Gasteiger partial charge < -0.3 is 14.5 Å². The maximum Gasteiger partial charge on any atom is 0.348 e. The van der Waals surface area contributed by atoms with Crippen LogP contribution in [0.5, 0.6) is 0 Å². The van der Waals surface area contributed by atoms with Gasteiger partial charge in [-0.15, -0.1) is 11.3 Å². The van der Waals surface area contributed by atoms with E-state index in [0.29, 0.717) is 23.3 Å². The summed E-state index contributed by atoms with van der Waals surface area (Å²) in [6, 6.07) is 9.74. The number of fused-ring (bicyclic) bond motifs is 1. The average Bonchev–Trinajstić information content (AvgIpc) is 3.24. The van der Waals surface area contributed by atoms with Crippen molar-refractivity contribution in [3.63, 3.8) is 0 Å². The minimum atomic E-state index is -0.408. The van der Waals surface area contributed by atoms with Crippen molar-refractivity contribution in [1.29, 1.82) is 0 Å². The summed E-state index contributed by atoms with van der Waals surface area (Å²) >= 11 is 1.28.